The fourth-order valence-electron chi connectivity index (χ4n) is 2.42. The van der Waals surface area contributed by atoms with Gasteiger partial charge in [0.15, 0.2) is 0 Å². The predicted octanol–water partition coefficient (Wildman–Crippen LogP) is 1.33. The van der Waals surface area contributed by atoms with E-state index in [1.807, 2.05) is 32.0 Å². The third kappa shape index (κ3) is 5.64. The molecule has 0 aromatic carbocycles. The third-order valence-corrected chi connectivity index (χ3v) is 5.12. The number of ether oxygens (including phenoxy) is 2. The third-order valence-electron chi connectivity index (χ3n) is 3.35. The Kier molecular flexibility index (Phi) is 6.31. The molecule has 1 N–H and O–H groups in total. The molecule has 0 bridgehead atoms. The van der Waals surface area contributed by atoms with Gasteiger partial charge in [-0.2, -0.15) is 0 Å². The molecule has 0 spiro atoms. The van der Waals surface area contributed by atoms with Crippen LogP contribution in [0, 0.1) is 5.92 Å². The zero-order valence-electron chi connectivity index (χ0n) is 13.1. The lowest BCUT2D eigenvalue weighted by atomic mass is 10.1. The zero-order valence-corrected chi connectivity index (χ0v) is 13.9. The monoisotopic (exact) mass is 328 g/mol. The van der Waals surface area contributed by atoms with E-state index in [4.69, 9.17) is 9.47 Å². The van der Waals surface area contributed by atoms with Gasteiger partial charge in [-0.25, -0.2) is 13.1 Å². The van der Waals surface area contributed by atoms with E-state index in [2.05, 4.69) is 9.71 Å². The lowest BCUT2D eigenvalue weighted by Crippen LogP contribution is -2.51. The molecule has 22 heavy (non-hydrogen) atoms. The van der Waals surface area contributed by atoms with Crippen molar-refractivity contribution in [1.82, 2.24) is 9.71 Å². The molecular weight excluding hydrogens is 304 g/mol. The fourth-order valence-corrected chi connectivity index (χ4v) is 4.08. The van der Waals surface area contributed by atoms with Crippen molar-refractivity contribution in [2.45, 2.75) is 39.0 Å². The van der Waals surface area contributed by atoms with E-state index in [0.717, 1.165) is 5.69 Å². The summed E-state index contributed by atoms with van der Waals surface area (Å²) >= 11 is 0. The van der Waals surface area contributed by atoms with Crippen molar-refractivity contribution >= 4 is 10.0 Å². The normalized spacial score (nSPS) is 22.9. The minimum Gasteiger partial charge on any atom is -0.380 e. The minimum absolute atomic E-state index is 0.0786. The topological polar surface area (TPSA) is 77.5 Å². The summed E-state index contributed by atoms with van der Waals surface area (Å²) in [6.07, 6.45) is 2.19. The Hall–Kier alpha value is -1.02. The van der Waals surface area contributed by atoms with Crippen molar-refractivity contribution in [2.24, 2.45) is 5.92 Å². The van der Waals surface area contributed by atoms with Crippen LogP contribution in [0.1, 0.15) is 26.0 Å². The standard InChI is InChI=1S/C15H24N2O4S/c1-12(2)11-22(18,19)17-14-10-20-8-6-15(14)21-9-13-5-3-4-7-16-13/h3-5,7,12,14-15,17H,6,8-11H2,1-2H3/t14-,15-/m1/s1. The van der Waals surface area contributed by atoms with E-state index >= 15 is 0 Å². The van der Waals surface area contributed by atoms with Crippen LogP contribution in [0.15, 0.2) is 24.4 Å². The van der Waals surface area contributed by atoms with Crippen LogP contribution in [0.5, 0.6) is 0 Å². The van der Waals surface area contributed by atoms with Crippen LogP contribution in [0.2, 0.25) is 0 Å². The number of sulfonamides is 1. The highest BCUT2D eigenvalue weighted by molar-refractivity contribution is 7.89. The van der Waals surface area contributed by atoms with Gasteiger partial charge in [0, 0.05) is 12.8 Å². The van der Waals surface area contributed by atoms with Crippen molar-refractivity contribution in [3.63, 3.8) is 0 Å². The Bertz CT molecular complexity index is 548. The van der Waals surface area contributed by atoms with Crippen LogP contribution in [-0.4, -0.2) is 44.5 Å². The number of hydrogen-bond donors (Lipinski definition) is 1. The Morgan fingerprint density at radius 2 is 2.27 bits per heavy atom. The maximum absolute atomic E-state index is 12.1. The molecule has 1 aliphatic rings. The summed E-state index contributed by atoms with van der Waals surface area (Å²) in [5.41, 5.74) is 0.831. The summed E-state index contributed by atoms with van der Waals surface area (Å²) in [5.74, 6) is 0.186. The minimum atomic E-state index is -3.32. The second-order valence-corrected chi connectivity index (χ2v) is 7.73. The fraction of sp³-hybridized carbons (Fsp3) is 0.667. The van der Waals surface area contributed by atoms with Crippen molar-refractivity contribution in [1.29, 1.82) is 0 Å². The lowest BCUT2D eigenvalue weighted by Gasteiger charge is -2.32. The highest BCUT2D eigenvalue weighted by Gasteiger charge is 2.30. The van der Waals surface area contributed by atoms with Crippen molar-refractivity contribution in [2.75, 3.05) is 19.0 Å². The van der Waals surface area contributed by atoms with E-state index in [9.17, 15) is 8.42 Å². The number of hydrogen-bond acceptors (Lipinski definition) is 5. The van der Waals surface area contributed by atoms with Gasteiger partial charge in [0.2, 0.25) is 10.0 Å². The maximum Gasteiger partial charge on any atom is 0.212 e. The smallest absolute Gasteiger partial charge is 0.212 e. The molecule has 1 fully saturated rings. The van der Waals surface area contributed by atoms with Crippen molar-refractivity contribution < 1.29 is 17.9 Å². The van der Waals surface area contributed by atoms with Gasteiger partial charge in [-0.1, -0.05) is 19.9 Å². The van der Waals surface area contributed by atoms with Gasteiger partial charge in [0.1, 0.15) is 0 Å². The quantitative estimate of drug-likeness (QED) is 0.817. The summed E-state index contributed by atoms with van der Waals surface area (Å²) < 4.78 is 38.2. The molecule has 2 atom stereocenters. The van der Waals surface area contributed by atoms with Crippen molar-refractivity contribution in [3.05, 3.63) is 30.1 Å². The molecule has 2 rings (SSSR count). The molecule has 2 heterocycles. The summed E-state index contributed by atoms with van der Waals surface area (Å²) in [7, 11) is -3.32. The number of aromatic nitrogens is 1. The first-order valence-electron chi connectivity index (χ1n) is 7.55. The maximum atomic E-state index is 12.1. The largest absolute Gasteiger partial charge is 0.380 e. The zero-order chi connectivity index (χ0) is 16.0. The SMILES string of the molecule is CC(C)CS(=O)(=O)N[C@@H]1COCC[C@H]1OCc1ccccn1. The van der Waals surface area contributed by atoms with E-state index in [1.165, 1.54) is 0 Å². The average molecular weight is 328 g/mol. The van der Waals surface area contributed by atoms with Gasteiger partial charge >= 0.3 is 0 Å². The van der Waals surface area contributed by atoms with Gasteiger partial charge in [-0.05, 0) is 24.5 Å². The Morgan fingerprint density at radius 1 is 1.45 bits per heavy atom. The predicted molar refractivity (Wildman–Crippen MR) is 83.8 cm³/mol. The molecule has 1 saturated heterocycles. The summed E-state index contributed by atoms with van der Waals surface area (Å²) in [6.45, 7) is 5.05. The number of nitrogens with zero attached hydrogens (tertiary/aromatic N) is 1. The van der Waals surface area contributed by atoms with E-state index < -0.39 is 10.0 Å². The molecule has 0 unspecified atom stereocenters. The molecule has 0 aliphatic carbocycles. The van der Waals surface area contributed by atoms with Gasteiger partial charge in [0.05, 0.1) is 36.8 Å². The van der Waals surface area contributed by atoms with Crippen LogP contribution >= 0.6 is 0 Å². The van der Waals surface area contributed by atoms with Crippen LogP contribution in [0.3, 0.4) is 0 Å². The number of pyridine rings is 1. The molecule has 0 saturated carbocycles. The first kappa shape index (κ1) is 17.3. The number of nitrogens with one attached hydrogen (secondary N) is 1. The first-order valence-corrected chi connectivity index (χ1v) is 9.21. The molecule has 1 aromatic heterocycles. The molecule has 6 nitrogen and oxygen atoms in total. The molecule has 0 radical (unpaired) electrons. The molecule has 1 aliphatic heterocycles. The van der Waals surface area contributed by atoms with Gasteiger partial charge < -0.3 is 9.47 Å². The second-order valence-electron chi connectivity index (χ2n) is 5.93. The van der Waals surface area contributed by atoms with E-state index in [-0.39, 0.29) is 23.8 Å². The summed E-state index contributed by atoms with van der Waals surface area (Å²) in [5, 5.41) is 0. The van der Waals surface area contributed by atoms with Crippen LogP contribution in [-0.2, 0) is 26.1 Å². The number of rotatable bonds is 7. The molecule has 0 amide bonds. The lowest BCUT2D eigenvalue weighted by molar-refractivity contribution is -0.0580. The molecule has 124 valence electrons. The van der Waals surface area contributed by atoms with Crippen LogP contribution in [0.25, 0.3) is 0 Å². The first-order chi connectivity index (χ1) is 10.5. The molecule has 1 aromatic rings. The van der Waals surface area contributed by atoms with Gasteiger partial charge in [-0.3, -0.25) is 4.98 Å². The highest BCUT2D eigenvalue weighted by atomic mass is 32.2. The van der Waals surface area contributed by atoms with Crippen molar-refractivity contribution in [3.8, 4) is 0 Å². The van der Waals surface area contributed by atoms with E-state index in [1.54, 1.807) is 6.20 Å². The second kappa shape index (κ2) is 8.01. The van der Waals surface area contributed by atoms with Crippen LogP contribution in [0.4, 0.5) is 0 Å². The van der Waals surface area contributed by atoms with Crippen LogP contribution < -0.4 is 4.72 Å². The summed E-state index contributed by atoms with van der Waals surface area (Å²) in [4.78, 5) is 4.21. The highest BCUT2D eigenvalue weighted by Crippen LogP contribution is 2.15. The molecule has 7 heteroatoms. The Balaban J connectivity index is 1.93. The Morgan fingerprint density at radius 3 is 2.95 bits per heavy atom. The summed E-state index contributed by atoms with van der Waals surface area (Å²) in [6, 6.07) is 5.29. The average Bonchev–Trinajstić information content (AvgIpc) is 2.45. The van der Waals surface area contributed by atoms with Gasteiger partial charge in [0.25, 0.3) is 0 Å². The van der Waals surface area contributed by atoms with Gasteiger partial charge in [-0.15, -0.1) is 0 Å². The Labute approximate surface area is 132 Å². The van der Waals surface area contributed by atoms with E-state index in [0.29, 0.717) is 26.2 Å². The molecular formula is C15H24N2O4S.